The number of carbonyl (C=O) groups excluding carboxylic acids is 1. The van der Waals surface area contributed by atoms with E-state index in [0.717, 1.165) is 57.3 Å². The van der Waals surface area contributed by atoms with Gasteiger partial charge in [0.1, 0.15) is 35.3 Å². The Morgan fingerprint density at radius 2 is 2.02 bits per heavy atom. The van der Waals surface area contributed by atoms with Crippen molar-refractivity contribution in [2.45, 2.75) is 62.2 Å². The van der Waals surface area contributed by atoms with Crippen molar-refractivity contribution in [3.05, 3.63) is 47.9 Å². The fraction of sp³-hybridized carbons (Fsp3) is 0.417. The highest BCUT2D eigenvalue weighted by atomic mass is 19.1. The third-order valence-electron chi connectivity index (χ3n) is 11.2. The molecule has 9 nitrogen and oxygen atoms in total. The molecule has 1 amide bonds. The summed E-state index contributed by atoms with van der Waals surface area (Å²) in [5.74, 6) is 2.30. The van der Waals surface area contributed by atoms with Gasteiger partial charge in [0.05, 0.1) is 11.2 Å². The molecule has 7 heterocycles. The number of halogens is 1. The zero-order valence-electron chi connectivity index (χ0n) is 25.7. The lowest BCUT2D eigenvalue weighted by molar-refractivity contribution is -0.120. The maximum Gasteiger partial charge on any atom is 0.251 e. The lowest BCUT2D eigenvalue weighted by Gasteiger charge is -2.48. The van der Waals surface area contributed by atoms with Crippen molar-refractivity contribution in [3.63, 3.8) is 0 Å². The number of likely N-dealkylation sites (N-methyl/N-ethyl adjacent to an activating group) is 1. The lowest BCUT2D eigenvalue weighted by atomic mass is 9.94. The Morgan fingerprint density at radius 1 is 1.20 bits per heavy atom. The van der Waals surface area contributed by atoms with Crippen LogP contribution in [-0.2, 0) is 4.79 Å². The molecular formula is C36H35FN6O3. The van der Waals surface area contributed by atoms with E-state index in [9.17, 15) is 9.90 Å². The Bertz CT molecular complexity index is 2000. The van der Waals surface area contributed by atoms with Crippen molar-refractivity contribution in [2.24, 2.45) is 0 Å². The number of terminal acetylenes is 1. The molecule has 3 atom stereocenters. The summed E-state index contributed by atoms with van der Waals surface area (Å²) in [5.41, 5.74) is 2.37. The van der Waals surface area contributed by atoms with E-state index < -0.39 is 11.9 Å². The predicted octanol–water partition coefficient (Wildman–Crippen LogP) is 4.57. The zero-order valence-corrected chi connectivity index (χ0v) is 25.7. The highest BCUT2D eigenvalue weighted by molar-refractivity contribution is 6.14. The second-order valence-electron chi connectivity index (χ2n) is 13.6. The van der Waals surface area contributed by atoms with Gasteiger partial charge in [0, 0.05) is 53.8 Å². The summed E-state index contributed by atoms with van der Waals surface area (Å²) in [4.78, 5) is 29.9. The van der Waals surface area contributed by atoms with Gasteiger partial charge >= 0.3 is 0 Å². The highest BCUT2D eigenvalue weighted by Gasteiger charge is 2.51. The van der Waals surface area contributed by atoms with Crippen LogP contribution >= 0.6 is 0 Å². The van der Waals surface area contributed by atoms with Gasteiger partial charge in [-0.05, 0) is 75.2 Å². The smallest absolute Gasteiger partial charge is 0.251 e. The third-order valence-corrected chi connectivity index (χ3v) is 11.2. The molecule has 5 aliphatic heterocycles. The molecule has 4 aromatic rings. The van der Waals surface area contributed by atoms with E-state index in [0.29, 0.717) is 46.1 Å². The number of hydrogen-bond donors (Lipinski definition) is 2. The van der Waals surface area contributed by atoms with Crippen LogP contribution in [0.1, 0.15) is 44.1 Å². The summed E-state index contributed by atoms with van der Waals surface area (Å²) >= 11 is 0. The highest BCUT2D eigenvalue weighted by Crippen LogP contribution is 2.50. The molecule has 0 saturated carbocycles. The van der Waals surface area contributed by atoms with Crippen LogP contribution in [-0.4, -0.2) is 82.8 Å². The van der Waals surface area contributed by atoms with Crippen molar-refractivity contribution in [1.82, 2.24) is 20.2 Å². The topological polar surface area (TPSA) is 94.1 Å². The molecule has 0 spiro atoms. The number of aromatic nitrogens is 2. The average molecular weight is 619 g/mol. The van der Waals surface area contributed by atoms with E-state index in [1.807, 2.05) is 12.1 Å². The number of fused-ring (bicyclic) bond motifs is 10. The Hall–Kier alpha value is -4.46. The molecule has 46 heavy (non-hydrogen) atoms. The van der Waals surface area contributed by atoms with Gasteiger partial charge in [-0.15, -0.1) is 6.42 Å². The third kappa shape index (κ3) is 3.85. The minimum atomic E-state index is -0.625. The number of benzene rings is 2. The van der Waals surface area contributed by atoms with E-state index in [4.69, 9.17) is 16.1 Å². The molecule has 0 aliphatic carbocycles. The van der Waals surface area contributed by atoms with Crippen LogP contribution in [0.15, 0.2) is 36.5 Å². The van der Waals surface area contributed by atoms with Crippen LogP contribution in [0.3, 0.4) is 0 Å². The van der Waals surface area contributed by atoms with Crippen molar-refractivity contribution in [2.75, 3.05) is 43.1 Å². The van der Waals surface area contributed by atoms with Gasteiger partial charge < -0.3 is 25.0 Å². The second kappa shape index (κ2) is 10.0. The molecule has 10 heteroatoms. The molecule has 2 aromatic heterocycles. The van der Waals surface area contributed by atoms with Gasteiger partial charge in [0.15, 0.2) is 5.82 Å². The lowest BCUT2D eigenvalue weighted by Crippen LogP contribution is -2.66. The number of carbonyl (C=O) groups is 1. The van der Waals surface area contributed by atoms with E-state index in [2.05, 4.69) is 26.0 Å². The SMILES string of the molecule is C#Cc1cccc2cc(O)cc(-c3ncc4c5c(c(OCC67CCCN6CCC7)nc4c3F)N(C)C(=O)C3C4CCC(CN53)N4)c12. The molecule has 234 valence electrons. The molecular weight excluding hydrogens is 583 g/mol. The predicted molar refractivity (Wildman–Crippen MR) is 175 cm³/mol. The standard InChI is InChI=1S/C36H35FN6O3/c1-3-20-7-4-8-21-15-23(44)16-24(27(20)21)29-28(37)30-25(17-38-29)31-33(34(40-30)46-19-36-11-5-13-42(36)14-6-12-36)41(2)35(45)32-26-10-9-22(39-26)18-43(31)32/h1,4,7-8,15-17,22,26,32,39,44H,5-6,9-14,18-19H2,2H3. The summed E-state index contributed by atoms with van der Waals surface area (Å²) < 4.78 is 23.7. The molecule has 3 unspecified atom stereocenters. The quantitative estimate of drug-likeness (QED) is 0.322. The fourth-order valence-electron chi connectivity index (χ4n) is 9.06. The number of ether oxygens (including phenoxy) is 1. The Kier molecular flexibility index (Phi) is 6.06. The summed E-state index contributed by atoms with van der Waals surface area (Å²) in [7, 11) is 1.77. The number of hydrogen-bond acceptors (Lipinski definition) is 8. The molecule has 4 fully saturated rings. The Morgan fingerprint density at radius 3 is 2.83 bits per heavy atom. The van der Waals surface area contributed by atoms with Crippen LogP contribution in [0, 0.1) is 18.2 Å². The average Bonchev–Trinajstić information content (AvgIpc) is 3.76. The first kappa shape index (κ1) is 27.8. The first-order chi connectivity index (χ1) is 22.4. The van der Waals surface area contributed by atoms with Crippen LogP contribution in [0.25, 0.3) is 32.9 Å². The van der Waals surface area contributed by atoms with Crippen LogP contribution in [0.4, 0.5) is 15.8 Å². The number of pyridine rings is 2. The molecule has 2 N–H and O–H groups in total. The van der Waals surface area contributed by atoms with Gasteiger partial charge in [0.2, 0.25) is 5.88 Å². The van der Waals surface area contributed by atoms with Crippen molar-refractivity contribution in [1.29, 1.82) is 0 Å². The summed E-state index contributed by atoms with van der Waals surface area (Å²) in [6, 6.07) is 8.39. The summed E-state index contributed by atoms with van der Waals surface area (Å²) in [6.07, 6.45) is 13.7. The zero-order chi connectivity index (χ0) is 31.3. The number of rotatable bonds is 4. The first-order valence-electron chi connectivity index (χ1n) is 16.3. The maximum absolute atomic E-state index is 17.1. The minimum Gasteiger partial charge on any atom is -0.508 e. The van der Waals surface area contributed by atoms with E-state index in [-0.39, 0.29) is 46.4 Å². The van der Waals surface area contributed by atoms with Crippen LogP contribution < -0.4 is 19.9 Å². The van der Waals surface area contributed by atoms with E-state index in [1.54, 1.807) is 30.3 Å². The number of anilines is 2. The van der Waals surface area contributed by atoms with Gasteiger partial charge in [-0.25, -0.2) is 9.37 Å². The summed E-state index contributed by atoms with van der Waals surface area (Å²) in [5, 5.41) is 16.1. The molecule has 2 aromatic carbocycles. The monoisotopic (exact) mass is 618 g/mol. The molecule has 5 aliphatic rings. The van der Waals surface area contributed by atoms with Gasteiger partial charge in [-0.3, -0.25) is 14.7 Å². The van der Waals surface area contributed by atoms with Gasteiger partial charge in [-0.1, -0.05) is 18.1 Å². The fourth-order valence-corrected chi connectivity index (χ4v) is 9.06. The number of nitrogens with one attached hydrogen (secondary N) is 1. The van der Waals surface area contributed by atoms with Crippen LogP contribution in [0.2, 0.25) is 0 Å². The largest absolute Gasteiger partial charge is 0.508 e. The number of aromatic hydroxyl groups is 1. The molecule has 9 rings (SSSR count). The number of amides is 1. The number of piperazine rings is 1. The van der Waals surface area contributed by atoms with Crippen molar-refractivity contribution >= 4 is 39.0 Å². The van der Waals surface area contributed by atoms with Crippen LogP contribution in [0.5, 0.6) is 11.6 Å². The maximum atomic E-state index is 17.1. The molecule has 0 radical (unpaired) electrons. The number of nitrogens with zero attached hydrogens (tertiary/aromatic N) is 5. The summed E-state index contributed by atoms with van der Waals surface area (Å²) in [6.45, 7) is 3.16. The van der Waals surface area contributed by atoms with Crippen molar-refractivity contribution < 1.29 is 19.0 Å². The van der Waals surface area contributed by atoms with Gasteiger partial charge in [0.25, 0.3) is 5.91 Å². The normalized spacial score (nSPS) is 24.7. The Balaban J connectivity index is 1.27. The van der Waals surface area contributed by atoms with E-state index >= 15 is 4.39 Å². The van der Waals surface area contributed by atoms with Gasteiger partial charge in [-0.2, -0.15) is 0 Å². The minimum absolute atomic E-state index is 0.0109. The van der Waals surface area contributed by atoms with E-state index in [1.165, 1.54) is 6.07 Å². The number of phenols is 1. The Labute approximate surface area is 266 Å². The first-order valence-corrected chi connectivity index (χ1v) is 16.3. The molecule has 2 bridgehead atoms. The number of phenolic OH excluding ortho intramolecular Hbond substituents is 1. The van der Waals surface area contributed by atoms with Crippen molar-refractivity contribution in [3.8, 4) is 35.2 Å². The second-order valence-corrected chi connectivity index (χ2v) is 13.6. The molecule has 4 saturated heterocycles.